The summed E-state index contributed by atoms with van der Waals surface area (Å²) >= 11 is 0. The summed E-state index contributed by atoms with van der Waals surface area (Å²) in [6, 6.07) is 8.71. The lowest BCUT2D eigenvalue weighted by atomic mass is 9.83. The molecule has 0 spiro atoms. The van der Waals surface area contributed by atoms with Crippen LogP contribution in [0.15, 0.2) is 48.1 Å². The van der Waals surface area contributed by atoms with E-state index >= 15 is 0 Å². The second-order valence-electron chi connectivity index (χ2n) is 4.34. The summed E-state index contributed by atoms with van der Waals surface area (Å²) < 4.78 is 0. The van der Waals surface area contributed by atoms with Crippen LogP contribution in [-0.4, -0.2) is 0 Å². The van der Waals surface area contributed by atoms with E-state index < -0.39 is 0 Å². The number of hydrogen-bond acceptors (Lipinski definition) is 0. The Kier molecular flexibility index (Phi) is 3.33. The van der Waals surface area contributed by atoms with Gasteiger partial charge in [0.2, 0.25) is 0 Å². The summed E-state index contributed by atoms with van der Waals surface area (Å²) in [5.41, 5.74) is 4.40. The Morgan fingerprint density at radius 2 is 1.59 bits per heavy atom. The predicted molar refractivity (Wildman–Crippen MR) is 75.9 cm³/mol. The molecule has 0 heteroatoms. The molecule has 1 aromatic rings. The van der Waals surface area contributed by atoms with Crippen LogP contribution in [0, 0.1) is 5.92 Å². The van der Waals surface area contributed by atoms with Crippen LogP contribution in [0.3, 0.4) is 0 Å². The van der Waals surface area contributed by atoms with Gasteiger partial charge in [-0.05, 0) is 35.4 Å². The minimum atomic E-state index is 0.528. The molecule has 0 radical (unpaired) electrons. The molecule has 0 heterocycles. The fourth-order valence-corrected chi connectivity index (χ4v) is 2.69. The molecule has 1 unspecified atom stereocenters. The van der Waals surface area contributed by atoms with Crippen molar-refractivity contribution in [1.82, 2.24) is 0 Å². The lowest BCUT2D eigenvalue weighted by molar-refractivity contribution is 1.01. The summed E-state index contributed by atoms with van der Waals surface area (Å²) in [6.45, 7) is 8.48. The van der Waals surface area contributed by atoms with E-state index in [4.69, 9.17) is 0 Å². The van der Waals surface area contributed by atoms with Crippen molar-refractivity contribution in [2.24, 2.45) is 5.92 Å². The Bertz CT molecular complexity index is 597. The second-order valence-corrected chi connectivity index (χ2v) is 4.34. The highest BCUT2D eigenvalue weighted by molar-refractivity contribution is 5.76. The van der Waals surface area contributed by atoms with Crippen molar-refractivity contribution in [2.75, 3.05) is 0 Å². The highest BCUT2D eigenvalue weighted by Gasteiger charge is 2.21. The summed E-state index contributed by atoms with van der Waals surface area (Å²) in [5.74, 6) is 0.528. The topological polar surface area (TPSA) is 0 Å². The monoisotopic (exact) mass is 224 g/mol. The van der Waals surface area contributed by atoms with Crippen LogP contribution in [0.2, 0.25) is 0 Å². The summed E-state index contributed by atoms with van der Waals surface area (Å²) in [6.07, 6.45) is 6.72. The lowest BCUT2D eigenvalue weighted by Gasteiger charge is -2.20. The van der Waals surface area contributed by atoms with E-state index in [2.05, 4.69) is 56.3 Å². The van der Waals surface area contributed by atoms with Crippen molar-refractivity contribution < 1.29 is 0 Å². The highest BCUT2D eigenvalue weighted by Crippen LogP contribution is 2.33. The molecule has 0 bridgehead atoms. The van der Waals surface area contributed by atoms with Gasteiger partial charge in [0.05, 0.1) is 0 Å². The zero-order valence-corrected chi connectivity index (χ0v) is 11.1. The zero-order valence-electron chi connectivity index (χ0n) is 11.1. The molecule has 0 saturated heterocycles. The lowest BCUT2D eigenvalue weighted by Crippen LogP contribution is -2.34. The molecule has 0 N–H and O–H groups in total. The van der Waals surface area contributed by atoms with Gasteiger partial charge >= 0.3 is 0 Å². The van der Waals surface area contributed by atoms with E-state index in [1.807, 2.05) is 13.8 Å². The van der Waals surface area contributed by atoms with Crippen molar-refractivity contribution in [1.29, 1.82) is 0 Å². The van der Waals surface area contributed by atoms with Gasteiger partial charge in [0.1, 0.15) is 0 Å². The van der Waals surface area contributed by atoms with E-state index in [-0.39, 0.29) is 0 Å². The molecular weight excluding hydrogens is 204 g/mol. The van der Waals surface area contributed by atoms with Gasteiger partial charge in [0.15, 0.2) is 0 Å². The van der Waals surface area contributed by atoms with Gasteiger partial charge in [-0.1, -0.05) is 61.9 Å². The third-order valence-corrected chi connectivity index (χ3v) is 3.57. The molecule has 0 aliphatic heterocycles. The Morgan fingerprint density at radius 1 is 0.941 bits per heavy atom. The summed E-state index contributed by atoms with van der Waals surface area (Å²) in [5, 5.41) is 2.82. The van der Waals surface area contributed by atoms with E-state index in [9.17, 15) is 0 Å². The molecule has 1 aromatic carbocycles. The number of benzene rings is 1. The Morgan fingerprint density at radius 3 is 2.29 bits per heavy atom. The normalized spacial score (nSPS) is 20.2. The van der Waals surface area contributed by atoms with Crippen LogP contribution in [0.1, 0.15) is 27.7 Å². The quantitative estimate of drug-likeness (QED) is 0.635. The van der Waals surface area contributed by atoms with Gasteiger partial charge in [-0.15, -0.1) is 0 Å². The van der Waals surface area contributed by atoms with Gasteiger partial charge in [0.25, 0.3) is 0 Å². The largest absolute Gasteiger partial charge is 0.0729 e. The molecule has 88 valence electrons. The van der Waals surface area contributed by atoms with Gasteiger partial charge in [-0.2, -0.15) is 0 Å². The van der Waals surface area contributed by atoms with Crippen molar-refractivity contribution in [3.63, 3.8) is 0 Å². The molecule has 0 aromatic heterocycles. The second kappa shape index (κ2) is 4.75. The Balaban J connectivity index is 0.000000514. The number of hydrogen-bond donors (Lipinski definition) is 0. The standard InChI is InChI=1S/C15H14.C2H6/c1-10-12-6-3-4-7-13(12)11(2)15-9-5-8-14(10)15;1-2/h3-9,14H,1-2H3;1-2H3. The smallest absolute Gasteiger partial charge is 0.0240 e. The maximum atomic E-state index is 2.30. The molecule has 2 aliphatic carbocycles. The number of fused-ring (bicyclic) bond motifs is 2. The summed E-state index contributed by atoms with van der Waals surface area (Å²) in [7, 11) is 0. The van der Waals surface area contributed by atoms with E-state index in [0.29, 0.717) is 5.92 Å². The first-order valence-corrected chi connectivity index (χ1v) is 6.44. The average Bonchev–Trinajstić information content (AvgIpc) is 2.88. The molecule has 17 heavy (non-hydrogen) atoms. The molecule has 2 aliphatic rings. The molecule has 0 amide bonds. The molecule has 0 saturated carbocycles. The first kappa shape index (κ1) is 11.9. The van der Waals surface area contributed by atoms with Gasteiger partial charge in [-0.25, -0.2) is 0 Å². The minimum Gasteiger partial charge on any atom is -0.0729 e. The van der Waals surface area contributed by atoms with Crippen LogP contribution >= 0.6 is 0 Å². The van der Waals surface area contributed by atoms with Crippen LogP contribution in [-0.2, 0) is 0 Å². The summed E-state index contributed by atoms with van der Waals surface area (Å²) in [4.78, 5) is 0. The highest BCUT2D eigenvalue weighted by atomic mass is 14.3. The average molecular weight is 224 g/mol. The van der Waals surface area contributed by atoms with Crippen molar-refractivity contribution in [2.45, 2.75) is 27.7 Å². The maximum absolute atomic E-state index is 2.30. The van der Waals surface area contributed by atoms with E-state index in [0.717, 1.165) is 0 Å². The first-order valence-electron chi connectivity index (χ1n) is 6.44. The van der Waals surface area contributed by atoms with Crippen LogP contribution in [0.25, 0.3) is 11.1 Å². The maximum Gasteiger partial charge on any atom is 0.0240 e. The van der Waals surface area contributed by atoms with Crippen molar-refractivity contribution in [3.05, 3.63) is 58.5 Å². The molecule has 0 nitrogen and oxygen atoms in total. The SMILES string of the molecule is CC.CC1=c2ccccc2=C(C)C2C=CC=C12. The zero-order chi connectivity index (χ0) is 12.4. The number of rotatable bonds is 0. The predicted octanol–water partition coefficient (Wildman–Crippen LogP) is 3.18. The van der Waals surface area contributed by atoms with Crippen LogP contribution in [0.5, 0.6) is 0 Å². The van der Waals surface area contributed by atoms with Crippen LogP contribution < -0.4 is 10.4 Å². The molecular formula is C17H20. The van der Waals surface area contributed by atoms with Crippen LogP contribution in [0.4, 0.5) is 0 Å². The van der Waals surface area contributed by atoms with E-state index in [1.165, 1.54) is 27.2 Å². The first-order chi connectivity index (χ1) is 8.29. The van der Waals surface area contributed by atoms with Gasteiger partial charge < -0.3 is 0 Å². The molecule has 0 fully saturated rings. The third-order valence-electron chi connectivity index (χ3n) is 3.57. The van der Waals surface area contributed by atoms with Gasteiger partial charge in [0, 0.05) is 5.92 Å². The van der Waals surface area contributed by atoms with Crippen molar-refractivity contribution in [3.8, 4) is 0 Å². The fourth-order valence-electron chi connectivity index (χ4n) is 2.69. The van der Waals surface area contributed by atoms with Crippen molar-refractivity contribution >= 4 is 11.1 Å². The van der Waals surface area contributed by atoms with Gasteiger partial charge in [-0.3, -0.25) is 0 Å². The number of allylic oxidation sites excluding steroid dienone is 4. The van der Waals surface area contributed by atoms with E-state index in [1.54, 1.807) is 0 Å². The molecule has 1 atom stereocenters. The minimum absolute atomic E-state index is 0.528. The Hall–Kier alpha value is -1.56. The molecule has 3 rings (SSSR count). The fraction of sp³-hybridized carbons (Fsp3) is 0.294. The third kappa shape index (κ3) is 1.78. The Labute approximate surface area is 104 Å².